The molecule has 1 rings (SSSR count). The van der Waals surface area contributed by atoms with Crippen molar-refractivity contribution in [3.8, 4) is 0 Å². The highest BCUT2D eigenvalue weighted by atomic mass is 19.4. The number of rotatable bonds is 8. The summed E-state index contributed by atoms with van der Waals surface area (Å²) in [5.41, 5.74) is -0.956. The van der Waals surface area contributed by atoms with E-state index >= 15 is 0 Å². The first-order chi connectivity index (χ1) is 9.47. The van der Waals surface area contributed by atoms with E-state index in [1.165, 1.54) is 0 Å². The summed E-state index contributed by atoms with van der Waals surface area (Å²) in [6, 6.07) is 0.914. The molecule has 0 unspecified atom stereocenters. The molecule has 0 fully saturated rings. The molecule has 20 heavy (non-hydrogen) atoms. The molecule has 0 aromatic carbocycles. The third-order valence-corrected chi connectivity index (χ3v) is 2.43. The van der Waals surface area contributed by atoms with E-state index in [0.29, 0.717) is 19.7 Å². The molecule has 1 aromatic heterocycles. The van der Waals surface area contributed by atoms with E-state index in [2.05, 4.69) is 20.6 Å². The lowest BCUT2D eigenvalue weighted by molar-refractivity contribution is -0.141. The summed E-state index contributed by atoms with van der Waals surface area (Å²) in [7, 11) is 1.61. The fourth-order valence-corrected chi connectivity index (χ4v) is 1.51. The molecule has 0 atom stereocenters. The van der Waals surface area contributed by atoms with Crippen molar-refractivity contribution in [3.05, 3.63) is 11.8 Å². The second-order valence-electron chi connectivity index (χ2n) is 4.12. The lowest BCUT2D eigenvalue weighted by Gasteiger charge is -2.12. The van der Waals surface area contributed by atoms with Crippen LogP contribution >= 0.6 is 0 Å². The monoisotopic (exact) mass is 292 g/mol. The van der Waals surface area contributed by atoms with Gasteiger partial charge in [0.2, 0.25) is 5.95 Å². The maximum Gasteiger partial charge on any atom is 0.433 e. The molecule has 0 aliphatic rings. The zero-order valence-electron chi connectivity index (χ0n) is 11.5. The van der Waals surface area contributed by atoms with Gasteiger partial charge in [-0.15, -0.1) is 0 Å². The average Bonchev–Trinajstić information content (AvgIpc) is 2.38. The van der Waals surface area contributed by atoms with Gasteiger partial charge in [-0.05, 0) is 19.8 Å². The van der Waals surface area contributed by atoms with Gasteiger partial charge >= 0.3 is 6.18 Å². The van der Waals surface area contributed by atoms with E-state index in [4.69, 9.17) is 4.74 Å². The van der Waals surface area contributed by atoms with E-state index in [1.807, 2.05) is 0 Å². The summed E-state index contributed by atoms with van der Waals surface area (Å²) in [5.74, 6) is 0.141. The average molecular weight is 292 g/mol. The highest BCUT2D eigenvalue weighted by Crippen LogP contribution is 2.29. The number of nitrogens with one attached hydrogen (secondary N) is 2. The Bertz CT molecular complexity index is 412. The summed E-state index contributed by atoms with van der Waals surface area (Å²) in [6.45, 7) is 3.38. The molecule has 0 saturated carbocycles. The minimum atomic E-state index is -4.49. The van der Waals surface area contributed by atoms with Gasteiger partial charge in [-0.25, -0.2) is 4.98 Å². The molecule has 0 bridgehead atoms. The zero-order chi connectivity index (χ0) is 15.0. The van der Waals surface area contributed by atoms with Crippen molar-refractivity contribution >= 4 is 11.8 Å². The SMILES string of the molecule is CCNc1nc(NCCCCOC)cc(C(F)(F)F)n1. The van der Waals surface area contributed by atoms with Crippen LogP contribution in [0.2, 0.25) is 0 Å². The van der Waals surface area contributed by atoms with Crippen molar-refractivity contribution in [1.29, 1.82) is 0 Å². The topological polar surface area (TPSA) is 59.1 Å². The molecule has 0 radical (unpaired) electrons. The lowest BCUT2D eigenvalue weighted by Crippen LogP contribution is -2.14. The fourth-order valence-electron chi connectivity index (χ4n) is 1.51. The van der Waals surface area contributed by atoms with E-state index in [0.717, 1.165) is 18.9 Å². The molecule has 0 aliphatic carbocycles. The summed E-state index contributed by atoms with van der Waals surface area (Å²) < 4.78 is 43.0. The van der Waals surface area contributed by atoms with Crippen LogP contribution in [0.5, 0.6) is 0 Å². The predicted molar refractivity (Wildman–Crippen MR) is 70.8 cm³/mol. The largest absolute Gasteiger partial charge is 0.433 e. The van der Waals surface area contributed by atoms with E-state index in [-0.39, 0.29) is 11.8 Å². The second-order valence-corrected chi connectivity index (χ2v) is 4.12. The van der Waals surface area contributed by atoms with Crippen LogP contribution in [0.1, 0.15) is 25.5 Å². The molecule has 114 valence electrons. The van der Waals surface area contributed by atoms with Gasteiger partial charge in [0.05, 0.1) is 0 Å². The first kappa shape index (κ1) is 16.5. The van der Waals surface area contributed by atoms with Crippen molar-refractivity contribution in [2.45, 2.75) is 25.9 Å². The Hall–Kier alpha value is -1.57. The maximum atomic E-state index is 12.7. The minimum Gasteiger partial charge on any atom is -0.385 e. The van der Waals surface area contributed by atoms with Crippen LogP contribution in [0.4, 0.5) is 24.9 Å². The van der Waals surface area contributed by atoms with E-state index < -0.39 is 11.9 Å². The number of alkyl halides is 3. The van der Waals surface area contributed by atoms with Crippen molar-refractivity contribution in [2.24, 2.45) is 0 Å². The highest BCUT2D eigenvalue weighted by Gasteiger charge is 2.33. The molecule has 0 spiro atoms. The maximum absolute atomic E-state index is 12.7. The number of nitrogens with zero attached hydrogens (tertiary/aromatic N) is 2. The molecule has 0 saturated heterocycles. The van der Waals surface area contributed by atoms with Crippen molar-refractivity contribution in [1.82, 2.24) is 9.97 Å². The van der Waals surface area contributed by atoms with Crippen LogP contribution < -0.4 is 10.6 Å². The third kappa shape index (κ3) is 5.60. The fraction of sp³-hybridized carbons (Fsp3) is 0.667. The first-order valence-electron chi connectivity index (χ1n) is 6.40. The number of hydrogen-bond donors (Lipinski definition) is 2. The van der Waals surface area contributed by atoms with Crippen LogP contribution in [0.25, 0.3) is 0 Å². The van der Waals surface area contributed by atoms with Crippen LogP contribution in [0.15, 0.2) is 6.07 Å². The van der Waals surface area contributed by atoms with Crippen LogP contribution in [0, 0.1) is 0 Å². The predicted octanol–water partition coefficient (Wildman–Crippen LogP) is 2.77. The Morgan fingerprint density at radius 3 is 2.55 bits per heavy atom. The van der Waals surface area contributed by atoms with Crippen LogP contribution in [-0.2, 0) is 10.9 Å². The summed E-state index contributed by atoms with van der Waals surface area (Å²) in [4.78, 5) is 7.43. The molecule has 1 aromatic rings. The lowest BCUT2D eigenvalue weighted by atomic mass is 10.3. The van der Waals surface area contributed by atoms with Gasteiger partial charge in [-0.2, -0.15) is 18.2 Å². The normalized spacial score (nSPS) is 11.4. The number of hydrogen-bond acceptors (Lipinski definition) is 5. The van der Waals surface area contributed by atoms with Crippen LogP contribution in [-0.4, -0.2) is 36.8 Å². The van der Waals surface area contributed by atoms with Crippen molar-refractivity contribution < 1.29 is 17.9 Å². The Kier molecular flexibility index (Phi) is 6.50. The van der Waals surface area contributed by atoms with Gasteiger partial charge in [0.25, 0.3) is 0 Å². The molecule has 0 aliphatic heterocycles. The number of anilines is 2. The molecule has 1 heterocycles. The molecule has 0 amide bonds. The number of aromatic nitrogens is 2. The molecular weight excluding hydrogens is 273 g/mol. The van der Waals surface area contributed by atoms with Gasteiger partial charge in [0, 0.05) is 32.9 Å². The first-order valence-corrected chi connectivity index (χ1v) is 6.40. The second kappa shape index (κ2) is 7.88. The quantitative estimate of drug-likeness (QED) is 0.722. The van der Waals surface area contributed by atoms with Gasteiger partial charge in [-0.1, -0.05) is 0 Å². The van der Waals surface area contributed by atoms with E-state index in [1.54, 1.807) is 14.0 Å². The third-order valence-electron chi connectivity index (χ3n) is 2.43. The van der Waals surface area contributed by atoms with Crippen LogP contribution in [0.3, 0.4) is 0 Å². The van der Waals surface area contributed by atoms with Gasteiger partial charge in [-0.3, -0.25) is 0 Å². The number of methoxy groups -OCH3 is 1. The number of ether oxygens (including phenoxy) is 1. The Labute approximate surface area is 116 Å². The Morgan fingerprint density at radius 2 is 1.95 bits per heavy atom. The standard InChI is InChI=1S/C12H19F3N4O/c1-3-16-11-18-9(12(13,14)15)8-10(19-11)17-6-4-5-7-20-2/h8H,3-7H2,1-2H3,(H2,16,17,18,19). The minimum absolute atomic E-state index is 0.0262. The molecule has 5 nitrogen and oxygen atoms in total. The van der Waals surface area contributed by atoms with Crippen molar-refractivity contribution in [3.63, 3.8) is 0 Å². The number of unbranched alkanes of at least 4 members (excludes halogenated alkanes) is 1. The van der Waals surface area contributed by atoms with E-state index in [9.17, 15) is 13.2 Å². The smallest absolute Gasteiger partial charge is 0.385 e. The summed E-state index contributed by atoms with van der Waals surface area (Å²) in [5, 5.41) is 5.56. The van der Waals surface area contributed by atoms with Gasteiger partial charge in [0.1, 0.15) is 5.82 Å². The molecular formula is C12H19F3N4O. The highest BCUT2D eigenvalue weighted by molar-refractivity contribution is 5.43. The van der Waals surface area contributed by atoms with Gasteiger partial charge in [0.15, 0.2) is 5.69 Å². The van der Waals surface area contributed by atoms with Crippen molar-refractivity contribution in [2.75, 3.05) is 37.4 Å². The molecule has 2 N–H and O–H groups in total. The molecule has 8 heteroatoms. The summed E-state index contributed by atoms with van der Waals surface area (Å²) in [6.07, 6.45) is -2.86. The summed E-state index contributed by atoms with van der Waals surface area (Å²) >= 11 is 0. The van der Waals surface area contributed by atoms with Gasteiger partial charge < -0.3 is 15.4 Å². The Balaban J connectivity index is 2.71. The zero-order valence-corrected chi connectivity index (χ0v) is 11.5. The Morgan fingerprint density at radius 1 is 1.20 bits per heavy atom. The number of halogens is 3.